The zero-order valence-electron chi connectivity index (χ0n) is 7.27. The molecule has 0 unspecified atom stereocenters. The number of nitrogens with one attached hydrogen (secondary N) is 1. The molecule has 3 heteroatoms. The number of carbonyl (C=O) groups excluding carboxylic acids is 1. The standard InChI is InChI=1S/C8H14N2O/c1-4-9-8(11)6-5-7-10(2)3/h4,7H2,1-3H3,(H,9,11). The van der Waals surface area contributed by atoms with Gasteiger partial charge in [-0.15, -0.1) is 0 Å². The quantitative estimate of drug-likeness (QED) is 0.553. The van der Waals surface area contributed by atoms with E-state index in [9.17, 15) is 4.79 Å². The van der Waals surface area contributed by atoms with E-state index in [0.717, 1.165) is 0 Å². The first-order valence-corrected chi connectivity index (χ1v) is 3.58. The number of hydrogen-bond acceptors (Lipinski definition) is 2. The van der Waals surface area contributed by atoms with Crippen LogP contribution in [0.3, 0.4) is 0 Å². The van der Waals surface area contributed by atoms with Gasteiger partial charge in [-0.1, -0.05) is 5.92 Å². The van der Waals surface area contributed by atoms with Gasteiger partial charge in [0.15, 0.2) is 0 Å². The van der Waals surface area contributed by atoms with Crippen molar-refractivity contribution in [2.75, 3.05) is 27.2 Å². The van der Waals surface area contributed by atoms with Crippen molar-refractivity contribution in [3.05, 3.63) is 0 Å². The Morgan fingerprint density at radius 2 is 2.18 bits per heavy atom. The fraction of sp³-hybridized carbons (Fsp3) is 0.625. The van der Waals surface area contributed by atoms with E-state index in [1.165, 1.54) is 0 Å². The second-order valence-electron chi connectivity index (χ2n) is 2.40. The van der Waals surface area contributed by atoms with Crippen LogP contribution >= 0.6 is 0 Å². The van der Waals surface area contributed by atoms with Crippen LogP contribution in [0.4, 0.5) is 0 Å². The van der Waals surface area contributed by atoms with Crippen LogP contribution in [-0.2, 0) is 4.79 Å². The molecule has 0 aromatic carbocycles. The Morgan fingerprint density at radius 3 is 2.64 bits per heavy atom. The highest BCUT2D eigenvalue weighted by molar-refractivity contribution is 5.93. The summed E-state index contributed by atoms with van der Waals surface area (Å²) < 4.78 is 0. The van der Waals surface area contributed by atoms with Crippen LogP contribution in [0.2, 0.25) is 0 Å². The van der Waals surface area contributed by atoms with Crippen LogP contribution in [-0.4, -0.2) is 38.0 Å². The predicted molar refractivity (Wildman–Crippen MR) is 45.0 cm³/mol. The van der Waals surface area contributed by atoms with Crippen LogP contribution < -0.4 is 5.32 Å². The molecule has 0 saturated carbocycles. The van der Waals surface area contributed by atoms with E-state index in [0.29, 0.717) is 13.1 Å². The fourth-order valence-electron chi connectivity index (χ4n) is 0.483. The Balaban J connectivity index is 3.60. The summed E-state index contributed by atoms with van der Waals surface area (Å²) in [6, 6.07) is 0. The van der Waals surface area contributed by atoms with Gasteiger partial charge < -0.3 is 5.32 Å². The molecule has 0 rings (SSSR count). The third kappa shape index (κ3) is 6.88. The van der Waals surface area contributed by atoms with Gasteiger partial charge in [-0.05, 0) is 26.9 Å². The van der Waals surface area contributed by atoms with Crippen molar-refractivity contribution >= 4 is 5.91 Å². The molecule has 1 amide bonds. The van der Waals surface area contributed by atoms with E-state index in [2.05, 4.69) is 17.2 Å². The molecule has 0 fully saturated rings. The van der Waals surface area contributed by atoms with E-state index in [-0.39, 0.29) is 5.91 Å². The Morgan fingerprint density at radius 1 is 1.55 bits per heavy atom. The molecule has 0 aliphatic heterocycles. The first kappa shape index (κ1) is 9.99. The SMILES string of the molecule is CCNC(=O)C#CCN(C)C. The Bertz CT molecular complexity index is 176. The Labute approximate surface area is 67.8 Å². The minimum absolute atomic E-state index is 0.200. The van der Waals surface area contributed by atoms with Crippen molar-refractivity contribution < 1.29 is 4.79 Å². The lowest BCUT2D eigenvalue weighted by atomic mass is 10.5. The minimum atomic E-state index is -0.200. The van der Waals surface area contributed by atoms with E-state index in [1.807, 2.05) is 25.9 Å². The molecule has 0 aromatic rings. The van der Waals surface area contributed by atoms with Crippen molar-refractivity contribution in [1.29, 1.82) is 0 Å². The van der Waals surface area contributed by atoms with Crippen LogP contribution in [0, 0.1) is 11.8 Å². The lowest BCUT2D eigenvalue weighted by Gasteiger charge is -2.00. The zero-order valence-corrected chi connectivity index (χ0v) is 7.27. The minimum Gasteiger partial charge on any atom is -0.346 e. The molecule has 3 nitrogen and oxygen atoms in total. The summed E-state index contributed by atoms with van der Waals surface area (Å²) in [5.74, 6) is 5.01. The third-order valence-electron chi connectivity index (χ3n) is 0.935. The maximum absolute atomic E-state index is 10.7. The topological polar surface area (TPSA) is 32.3 Å². The average Bonchev–Trinajstić information content (AvgIpc) is 1.87. The summed E-state index contributed by atoms with van der Waals surface area (Å²) in [5, 5.41) is 2.59. The number of hydrogen-bond donors (Lipinski definition) is 1. The summed E-state index contributed by atoms with van der Waals surface area (Å²) >= 11 is 0. The van der Waals surface area contributed by atoms with E-state index >= 15 is 0 Å². The van der Waals surface area contributed by atoms with Gasteiger partial charge >= 0.3 is 0 Å². The fourth-order valence-corrected chi connectivity index (χ4v) is 0.483. The van der Waals surface area contributed by atoms with Crippen molar-refractivity contribution in [1.82, 2.24) is 10.2 Å². The highest BCUT2D eigenvalue weighted by Crippen LogP contribution is 1.69. The van der Waals surface area contributed by atoms with Crippen LogP contribution in [0.1, 0.15) is 6.92 Å². The molecule has 0 radical (unpaired) electrons. The zero-order chi connectivity index (χ0) is 8.69. The highest BCUT2D eigenvalue weighted by atomic mass is 16.1. The average molecular weight is 154 g/mol. The molecule has 0 atom stereocenters. The van der Waals surface area contributed by atoms with Gasteiger partial charge in [0.2, 0.25) is 0 Å². The second-order valence-corrected chi connectivity index (χ2v) is 2.40. The molecular weight excluding hydrogens is 140 g/mol. The largest absolute Gasteiger partial charge is 0.346 e. The number of nitrogens with zero attached hydrogens (tertiary/aromatic N) is 1. The van der Waals surface area contributed by atoms with Gasteiger partial charge in [-0.25, -0.2) is 0 Å². The molecule has 0 heterocycles. The molecular formula is C8H14N2O. The maximum Gasteiger partial charge on any atom is 0.295 e. The van der Waals surface area contributed by atoms with Crippen molar-refractivity contribution in [3.8, 4) is 11.8 Å². The molecule has 11 heavy (non-hydrogen) atoms. The summed E-state index contributed by atoms with van der Waals surface area (Å²) in [7, 11) is 3.82. The van der Waals surface area contributed by atoms with Crippen molar-refractivity contribution in [2.45, 2.75) is 6.92 Å². The highest BCUT2D eigenvalue weighted by Gasteiger charge is 1.88. The second kappa shape index (κ2) is 5.75. The summed E-state index contributed by atoms with van der Waals surface area (Å²) in [5.41, 5.74) is 0. The van der Waals surface area contributed by atoms with E-state index in [4.69, 9.17) is 0 Å². The van der Waals surface area contributed by atoms with Crippen molar-refractivity contribution in [2.24, 2.45) is 0 Å². The van der Waals surface area contributed by atoms with Crippen LogP contribution in [0.25, 0.3) is 0 Å². The van der Waals surface area contributed by atoms with E-state index < -0.39 is 0 Å². The molecule has 0 saturated heterocycles. The molecule has 0 spiro atoms. The van der Waals surface area contributed by atoms with Gasteiger partial charge in [-0.3, -0.25) is 9.69 Å². The molecule has 0 aliphatic carbocycles. The summed E-state index contributed by atoms with van der Waals surface area (Å²) in [6.07, 6.45) is 0. The van der Waals surface area contributed by atoms with Crippen molar-refractivity contribution in [3.63, 3.8) is 0 Å². The lowest BCUT2D eigenvalue weighted by Crippen LogP contribution is -2.21. The number of carbonyl (C=O) groups is 1. The lowest BCUT2D eigenvalue weighted by molar-refractivity contribution is -0.115. The Hall–Kier alpha value is -1.01. The monoisotopic (exact) mass is 154 g/mol. The Kier molecular flexibility index (Phi) is 5.22. The van der Waals surface area contributed by atoms with Gasteiger partial charge in [0.05, 0.1) is 6.54 Å². The summed E-state index contributed by atoms with van der Waals surface area (Å²) in [6.45, 7) is 3.12. The molecule has 0 bridgehead atoms. The third-order valence-corrected chi connectivity index (χ3v) is 0.935. The predicted octanol–water partition coefficient (Wildman–Crippen LogP) is -0.312. The molecule has 62 valence electrons. The molecule has 0 aliphatic rings. The van der Waals surface area contributed by atoms with E-state index in [1.54, 1.807) is 0 Å². The molecule has 0 aromatic heterocycles. The normalized spacial score (nSPS) is 8.73. The molecule has 1 N–H and O–H groups in total. The smallest absolute Gasteiger partial charge is 0.295 e. The van der Waals surface area contributed by atoms with Gasteiger partial charge in [0.25, 0.3) is 5.91 Å². The first-order valence-electron chi connectivity index (χ1n) is 3.58. The van der Waals surface area contributed by atoms with Gasteiger partial charge in [-0.2, -0.15) is 0 Å². The van der Waals surface area contributed by atoms with Crippen LogP contribution in [0.15, 0.2) is 0 Å². The van der Waals surface area contributed by atoms with Gasteiger partial charge in [0.1, 0.15) is 0 Å². The maximum atomic E-state index is 10.7. The first-order chi connectivity index (χ1) is 5.16. The van der Waals surface area contributed by atoms with Crippen LogP contribution in [0.5, 0.6) is 0 Å². The number of rotatable bonds is 2. The number of amides is 1. The van der Waals surface area contributed by atoms with Gasteiger partial charge in [0, 0.05) is 6.54 Å². The summed E-state index contributed by atoms with van der Waals surface area (Å²) in [4.78, 5) is 12.6.